The summed E-state index contributed by atoms with van der Waals surface area (Å²) in [6, 6.07) is 7.68. The van der Waals surface area contributed by atoms with E-state index in [0.717, 1.165) is 17.7 Å². The molecule has 0 radical (unpaired) electrons. The maximum absolute atomic E-state index is 8.64. The zero-order valence-corrected chi connectivity index (χ0v) is 6.87. The van der Waals surface area contributed by atoms with Crippen molar-refractivity contribution < 1.29 is 4.74 Å². The van der Waals surface area contributed by atoms with Crippen molar-refractivity contribution in [2.75, 3.05) is 0 Å². The van der Waals surface area contributed by atoms with E-state index in [0.29, 0.717) is 5.56 Å². The van der Waals surface area contributed by atoms with Crippen molar-refractivity contribution in [3.63, 3.8) is 0 Å². The molecule has 1 heterocycles. The van der Waals surface area contributed by atoms with Crippen LogP contribution in [0.15, 0.2) is 18.2 Å². The molecule has 1 aromatic carbocycles. The molecular weight excluding hydrogens is 150 g/mol. The first-order valence-electron chi connectivity index (χ1n) is 3.99. The Morgan fingerprint density at radius 1 is 1.58 bits per heavy atom. The topological polar surface area (TPSA) is 33.0 Å². The fourth-order valence-electron chi connectivity index (χ4n) is 1.49. The van der Waals surface area contributed by atoms with E-state index in [4.69, 9.17) is 10.00 Å². The minimum Gasteiger partial charge on any atom is -0.490 e. The Kier molecular flexibility index (Phi) is 1.51. The summed E-state index contributed by atoms with van der Waals surface area (Å²) >= 11 is 0. The van der Waals surface area contributed by atoms with E-state index < -0.39 is 0 Å². The maximum atomic E-state index is 8.64. The molecule has 0 aromatic heterocycles. The van der Waals surface area contributed by atoms with Gasteiger partial charge in [0.05, 0.1) is 11.6 Å². The Morgan fingerprint density at radius 3 is 3.17 bits per heavy atom. The molecule has 0 spiro atoms. The number of nitrogens with zero attached hydrogens (tertiary/aromatic N) is 1. The van der Waals surface area contributed by atoms with Gasteiger partial charge >= 0.3 is 0 Å². The summed E-state index contributed by atoms with van der Waals surface area (Å²) in [5, 5.41) is 8.64. The van der Waals surface area contributed by atoms with E-state index in [-0.39, 0.29) is 6.10 Å². The summed E-state index contributed by atoms with van der Waals surface area (Å²) in [6.07, 6.45) is 1.18. The Bertz CT molecular complexity index is 351. The lowest BCUT2D eigenvalue weighted by Gasteiger charge is -2.00. The second-order valence-corrected chi connectivity index (χ2v) is 3.07. The number of fused-ring (bicyclic) bond motifs is 1. The molecule has 0 bridgehead atoms. The fraction of sp³-hybridized carbons (Fsp3) is 0.300. The quantitative estimate of drug-likeness (QED) is 0.579. The van der Waals surface area contributed by atoms with Crippen molar-refractivity contribution >= 4 is 0 Å². The average molecular weight is 159 g/mol. The van der Waals surface area contributed by atoms with Gasteiger partial charge in [-0.3, -0.25) is 0 Å². The Hall–Kier alpha value is -1.49. The van der Waals surface area contributed by atoms with Crippen LogP contribution in [-0.4, -0.2) is 6.10 Å². The highest BCUT2D eigenvalue weighted by Crippen LogP contribution is 2.28. The van der Waals surface area contributed by atoms with Gasteiger partial charge in [0, 0.05) is 6.42 Å². The van der Waals surface area contributed by atoms with Gasteiger partial charge in [-0.15, -0.1) is 0 Å². The highest BCUT2D eigenvalue weighted by molar-refractivity contribution is 5.44. The van der Waals surface area contributed by atoms with Crippen molar-refractivity contribution in [3.8, 4) is 11.8 Å². The van der Waals surface area contributed by atoms with Crippen LogP contribution in [0.5, 0.6) is 5.75 Å². The molecule has 2 nitrogen and oxygen atoms in total. The predicted molar refractivity (Wildman–Crippen MR) is 45.0 cm³/mol. The van der Waals surface area contributed by atoms with Gasteiger partial charge in [-0.05, 0) is 30.7 Å². The maximum Gasteiger partial charge on any atom is 0.123 e. The van der Waals surface area contributed by atoms with E-state index in [2.05, 4.69) is 6.07 Å². The highest BCUT2D eigenvalue weighted by Gasteiger charge is 2.18. The van der Waals surface area contributed by atoms with Gasteiger partial charge in [0.2, 0.25) is 0 Å². The van der Waals surface area contributed by atoms with Crippen LogP contribution in [-0.2, 0) is 6.42 Å². The molecule has 0 saturated heterocycles. The summed E-state index contributed by atoms with van der Waals surface area (Å²) in [6.45, 7) is 2.03. The lowest BCUT2D eigenvalue weighted by molar-refractivity contribution is 0.254. The number of rotatable bonds is 0. The van der Waals surface area contributed by atoms with Gasteiger partial charge in [-0.1, -0.05) is 0 Å². The van der Waals surface area contributed by atoms with Crippen LogP contribution in [0.1, 0.15) is 18.1 Å². The molecule has 0 aliphatic carbocycles. The Labute approximate surface area is 71.4 Å². The second-order valence-electron chi connectivity index (χ2n) is 3.07. The fourth-order valence-corrected chi connectivity index (χ4v) is 1.49. The first-order chi connectivity index (χ1) is 5.79. The summed E-state index contributed by atoms with van der Waals surface area (Å²) < 4.78 is 5.50. The molecule has 1 aliphatic rings. The molecule has 1 aliphatic heterocycles. The van der Waals surface area contributed by atoms with Gasteiger partial charge in [-0.2, -0.15) is 5.26 Å². The molecule has 60 valence electrons. The van der Waals surface area contributed by atoms with Crippen molar-refractivity contribution in [1.29, 1.82) is 5.26 Å². The molecule has 1 aromatic rings. The first-order valence-corrected chi connectivity index (χ1v) is 3.99. The third kappa shape index (κ3) is 1.04. The van der Waals surface area contributed by atoms with Gasteiger partial charge in [0.1, 0.15) is 11.9 Å². The number of benzene rings is 1. The van der Waals surface area contributed by atoms with Crippen molar-refractivity contribution in [1.82, 2.24) is 0 Å². The standard InChI is InChI=1S/C10H9NO/c1-7-4-9-5-8(6-11)2-3-10(9)12-7/h2-3,5,7H,4H2,1H3/t7-/m1/s1. The van der Waals surface area contributed by atoms with Crippen molar-refractivity contribution in [2.24, 2.45) is 0 Å². The van der Waals surface area contributed by atoms with E-state index >= 15 is 0 Å². The molecule has 2 heteroatoms. The highest BCUT2D eigenvalue weighted by atomic mass is 16.5. The lowest BCUT2D eigenvalue weighted by atomic mass is 10.1. The zero-order chi connectivity index (χ0) is 8.55. The van der Waals surface area contributed by atoms with Gasteiger partial charge in [-0.25, -0.2) is 0 Å². The summed E-state index contributed by atoms with van der Waals surface area (Å²) in [7, 11) is 0. The van der Waals surface area contributed by atoms with E-state index in [1.807, 2.05) is 19.1 Å². The van der Waals surface area contributed by atoms with Crippen molar-refractivity contribution in [3.05, 3.63) is 29.3 Å². The van der Waals surface area contributed by atoms with E-state index in [1.165, 1.54) is 0 Å². The smallest absolute Gasteiger partial charge is 0.123 e. The van der Waals surface area contributed by atoms with Gasteiger partial charge in [0.15, 0.2) is 0 Å². The van der Waals surface area contributed by atoms with Crippen molar-refractivity contribution in [2.45, 2.75) is 19.4 Å². The molecular formula is C10H9NO. The third-order valence-electron chi connectivity index (χ3n) is 2.03. The minimum absolute atomic E-state index is 0.258. The lowest BCUT2D eigenvalue weighted by Crippen LogP contribution is -2.05. The Morgan fingerprint density at radius 2 is 2.42 bits per heavy atom. The van der Waals surface area contributed by atoms with Crippen LogP contribution < -0.4 is 4.74 Å². The molecule has 0 fully saturated rings. The number of ether oxygens (including phenoxy) is 1. The Balaban J connectivity index is 2.44. The molecule has 2 rings (SSSR count). The number of hydrogen-bond acceptors (Lipinski definition) is 2. The van der Waals surface area contributed by atoms with Crippen LogP contribution in [0.3, 0.4) is 0 Å². The van der Waals surface area contributed by atoms with E-state index in [9.17, 15) is 0 Å². The molecule has 0 saturated carbocycles. The molecule has 12 heavy (non-hydrogen) atoms. The average Bonchev–Trinajstić information content (AvgIpc) is 2.43. The minimum atomic E-state index is 0.258. The first kappa shape index (κ1) is 7.17. The zero-order valence-electron chi connectivity index (χ0n) is 6.87. The van der Waals surface area contributed by atoms with Crippen LogP contribution in [0.4, 0.5) is 0 Å². The van der Waals surface area contributed by atoms with Crippen LogP contribution in [0.25, 0.3) is 0 Å². The van der Waals surface area contributed by atoms with Crippen LogP contribution in [0.2, 0.25) is 0 Å². The van der Waals surface area contributed by atoms with E-state index in [1.54, 1.807) is 6.07 Å². The SMILES string of the molecule is C[C@@H]1Cc2cc(C#N)ccc2O1. The van der Waals surface area contributed by atoms with Gasteiger partial charge < -0.3 is 4.74 Å². The number of hydrogen-bond donors (Lipinski definition) is 0. The predicted octanol–water partition coefficient (Wildman–Crippen LogP) is 1.88. The summed E-state index contributed by atoms with van der Waals surface area (Å²) in [4.78, 5) is 0. The summed E-state index contributed by atoms with van der Waals surface area (Å²) in [5.41, 5.74) is 1.87. The van der Waals surface area contributed by atoms with Gasteiger partial charge in [0.25, 0.3) is 0 Å². The normalized spacial score (nSPS) is 19.5. The molecule has 0 unspecified atom stereocenters. The largest absolute Gasteiger partial charge is 0.490 e. The third-order valence-corrected chi connectivity index (χ3v) is 2.03. The van der Waals surface area contributed by atoms with Crippen LogP contribution in [0, 0.1) is 11.3 Å². The monoisotopic (exact) mass is 159 g/mol. The van der Waals surface area contributed by atoms with Crippen LogP contribution >= 0.6 is 0 Å². The summed E-state index contributed by atoms with van der Waals surface area (Å²) in [5.74, 6) is 0.932. The molecule has 0 N–H and O–H groups in total. The molecule has 0 amide bonds. The second kappa shape index (κ2) is 2.53. The number of nitriles is 1. The molecule has 1 atom stereocenters.